The van der Waals surface area contributed by atoms with Crippen molar-refractivity contribution >= 4 is 25.9 Å². The molecule has 0 aliphatic heterocycles. The van der Waals surface area contributed by atoms with Gasteiger partial charge in [0.25, 0.3) is 0 Å². The van der Waals surface area contributed by atoms with E-state index in [-0.39, 0.29) is 12.4 Å². The summed E-state index contributed by atoms with van der Waals surface area (Å²) in [5.74, 6) is 0.0443. The van der Waals surface area contributed by atoms with Crippen LogP contribution in [0.15, 0.2) is 5.29 Å². The SMILES string of the molecule is CC(NC(=O)N(CCCl)N=O)O[P+](=O)O. The number of urea groups is 1. The second-order valence-electron chi connectivity index (χ2n) is 2.33. The van der Waals surface area contributed by atoms with E-state index in [2.05, 4.69) is 15.1 Å². The topological polar surface area (TPSA) is 108 Å². The Morgan fingerprint density at radius 2 is 2.40 bits per heavy atom. The van der Waals surface area contributed by atoms with Crippen LogP contribution in [-0.4, -0.2) is 34.6 Å². The summed E-state index contributed by atoms with van der Waals surface area (Å²) in [7, 11) is -2.82. The fourth-order valence-electron chi connectivity index (χ4n) is 0.670. The lowest BCUT2D eigenvalue weighted by Crippen LogP contribution is -2.42. The maximum atomic E-state index is 11.2. The predicted octanol–water partition coefficient (Wildman–Crippen LogP) is 0.930. The standard InChI is InChI=1S/C5H9ClN3O5P/c1-4(14-15(12)13)7-5(10)9(8-11)3-2-6/h4H,2-3H2,1H3,(H-,7,10,12,13)/p+1. The third-order valence-electron chi connectivity index (χ3n) is 1.20. The van der Waals surface area contributed by atoms with Gasteiger partial charge >= 0.3 is 14.3 Å². The van der Waals surface area contributed by atoms with Crippen molar-refractivity contribution in [2.24, 2.45) is 5.29 Å². The first-order valence-corrected chi connectivity index (χ1v) is 5.48. The number of nitrogens with one attached hydrogen (secondary N) is 1. The van der Waals surface area contributed by atoms with Crippen molar-refractivity contribution in [3.63, 3.8) is 0 Å². The summed E-state index contributed by atoms with van der Waals surface area (Å²) in [5, 5.41) is 5.06. The van der Waals surface area contributed by atoms with Gasteiger partial charge in [-0.25, -0.2) is 4.79 Å². The molecule has 2 unspecified atom stereocenters. The van der Waals surface area contributed by atoms with Crippen molar-refractivity contribution in [1.82, 2.24) is 10.3 Å². The molecule has 0 aliphatic carbocycles. The van der Waals surface area contributed by atoms with E-state index < -0.39 is 20.5 Å². The van der Waals surface area contributed by atoms with Crippen LogP contribution in [-0.2, 0) is 9.09 Å². The highest BCUT2D eigenvalue weighted by atomic mass is 35.5. The maximum Gasteiger partial charge on any atom is 0.696 e. The number of rotatable bonds is 6. The highest BCUT2D eigenvalue weighted by molar-refractivity contribution is 7.32. The van der Waals surface area contributed by atoms with Crippen molar-refractivity contribution in [3.8, 4) is 0 Å². The molecule has 15 heavy (non-hydrogen) atoms. The normalized spacial score (nSPS) is 12.9. The molecule has 0 aromatic rings. The van der Waals surface area contributed by atoms with E-state index in [4.69, 9.17) is 16.5 Å². The van der Waals surface area contributed by atoms with Crippen molar-refractivity contribution in [3.05, 3.63) is 4.91 Å². The van der Waals surface area contributed by atoms with Crippen LogP contribution >= 0.6 is 19.9 Å². The lowest BCUT2D eigenvalue weighted by Gasteiger charge is -2.13. The summed E-state index contributed by atoms with van der Waals surface area (Å²) in [4.78, 5) is 29.7. The molecule has 0 bridgehead atoms. The summed E-state index contributed by atoms with van der Waals surface area (Å²) in [6.07, 6.45) is -1.01. The van der Waals surface area contributed by atoms with E-state index in [1.54, 1.807) is 0 Å². The summed E-state index contributed by atoms with van der Waals surface area (Å²) < 4.78 is 14.5. The average molecular weight is 259 g/mol. The molecule has 86 valence electrons. The smallest absolute Gasteiger partial charge is 0.307 e. The van der Waals surface area contributed by atoms with E-state index >= 15 is 0 Å². The molecule has 0 aromatic heterocycles. The number of hydrogen-bond acceptors (Lipinski definition) is 5. The van der Waals surface area contributed by atoms with Crippen LogP contribution in [0.1, 0.15) is 6.92 Å². The number of hydrogen-bond donors (Lipinski definition) is 2. The van der Waals surface area contributed by atoms with E-state index in [0.717, 1.165) is 0 Å². The Kier molecular flexibility index (Phi) is 7.06. The molecule has 0 rings (SSSR count). The molecule has 2 atom stereocenters. The maximum absolute atomic E-state index is 11.2. The monoisotopic (exact) mass is 258 g/mol. The molecule has 2 N–H and O–H groups in total. The Balaban J connectivity index is 4.09. The van der Waals surface area contributed by atoms with Crippen LogP contribution in [0.2, 0.25) is 0 Å². The lowest BCUT2D eigenvalue weighted by molar-refractivity contribution is 0.150. The number of alkyl halides is 1. The number of halogens is 1. The molecule has 2 amide bonds. The van der Waals surface area contributed by atoms with Gasteiger partial charge in [-0.15, -0.1) is 21.4 Å². The third-order valence-corrected chi connectivity index (χ3v) is 1.87. The zero-order valence-corrected chi connectivity index (χ0v) is 9.44. The number of amides is 2. The molecule has 0 aliphatic rings. The fraction of sp³-hybridized carbons (Fsp3) is 0.800. The first kappa shape index (κ1) is 14.2. The molecular weight excluding hydrogens is 248 g/mol. The van der Waals surface area contributed by atoms with Gasteiger partial charge < -0.3 is 5.32 Å². The molecule has 0 saturated heterocycles. The van der Waals surface area contributed by atoms with Crippen molar-refractivity contribution in [2.45, 2.75) is 13.2 Å². The highest BCUT2D eigenvalue weighted by Crippen LogP contribution is 2.16. The number of nitrogens with zero attached hydrogens (tertiary/aromatic N) is 2. The van der Waals surface area contributed by atoms with Crippen LogP contribution in [0.3, 0.4) is 0 Å². The Labute approximate surface area is 91.4 Å². The van der Waals surface area contributed by atoms with E-state index in [1.165, 1.54) is 6.92 Å². The molecule has 0 radical (unpaired) electrons. The number of nitroso groups, excluding NO2 is 1. The zero-order valence-electron chi connectivity index (χ0n) is 7.79. The van der Waals surface area contributed by atoms with Gasteiger partial charge in [-0.1, -0.05) is 4.52 Å². The second-order valence-corrected chi connectivity index (χ2v) is 3.39. The molecule has 0 saturated carbocycles. The van der Waals surface area contributed by atoms with Crippen LogP contribution in [0.25, 0.3) is 0 Å². The van der Waals surface area contributed by atoms with Gasteiger partial charge in [0.2, 0.25) is 0 Å². The second kappa shape index (κ2) is 7.47. The lowest BCUT2D eigenvalue weighted by atomic mass is 10.6. The molecular formula is C5H10ClN3O5P+. The van der Waals surface area contributed by atoms with E-state index in [1.807, 2.05) is 0 Å². The summed E-state index contributed by atoms with van der Waals surface area (Å²) in [5.41, 5.74) is 0. The van der Waals surface area contributed by atoms with Crippen molar-refractivity contribution in [2.75, 3.05) is 12.4 Å². The van der Waals surface area contributed by atoms with Gasteiger partial charge in [-0.2, -0.15) is 5.01 Å². The Morgan fingerprint density at radius 3 is 2.80 bits per heavy atom. The third kappa shape index (κ3) is 6.29. The predicted molar refractivity (Wildman–Crippen MR) is 52.1 cm³/mol. The Bertz CT molecular complexity index is 253. The number of carbonyl (C=O) groups excluding carboxylic acids is 1. The van der Waals surface area contributed by atoms with Crippen LogP contribution in [0.5, 0.6) is 0 Å². The summed E-state index contributed by atoms with van der Waals surface area (Å²) in [6, 6.07) is -0.852. The molecule has 8 nitrogen and oxygen atoms in total. The van der Waals surface area contributed by atoms with E-state index in [0.29, 0.717) is 5.01 Å². The fourth-order valence-corrected chi connectivity index (χ4v) is 1.15. The van der Waals surface area contributed by atoms with Crippen molar-refractivity contribution in [1.29, 1.82) is 0 Å². The number of carbonyl (C=O) groups is 1. The quantitative estimate of drug-likeness (QED) is 0.242. The van der Waals surface area contributed by atoms with Crippen molar-refractivity contribution < 1.29 is 18.8 Å². The van der Waals surface area contributed by atoms with Gasteiger partial charge in [0.05, 0.1) is 11.8 Å². The summed E-state index contributed by atoms with van der Waals surface area (Å²) >= 11 is 5.30. The van der Waals surface area contributed by atoms with Gasteiger partial charge in [-0.3, -0.25) is 0 Å². The molecule has 10 heteroatoms. The average Bonchev–Trinajstić information content (AvgIpc) is 2.12. The first-order chi connectivity index (χ1) is 7.01. The minimum absolute atomic E-state index is 0.0443. The molecule has 0 aromatic carbocycles. The van der Waals surface area contributed by atoms with Crippen LogP contribution < -0.4 is 5.32 Å². The minimum Gasteiger partial charge on any atom is -0.307 e. The van der Waals surface area contributed by atoms with Gasteiger partial charge in [-0.05, 0) is 6.92 Å². The van der Waals surface area contributed by atoms with Crippen LogP contribution in [0, 0.1) is 4.91 Å². The Hall–Kier alpha value is -0.820. The van der Waals surface area contributed by atoms with Gasteiger partial charge in [0, 0.05) is 10.4 Å². The largest absolute Gasteiger partial charge is 0.696 e. The Morgan fingerprint density at radius 1 is 1.80 bits per heavy atom. The molecule has 0 spiro atoms. The summed E-state index contributed by atoms with van der Waals surface area (Å²) in [6.45, 7) is 1.26. The minimum atomic E-state index is -2.82. The van der Waals surface area contributed by atoms with Crippen LogP contribution in [0.4, 0.5) is 4.79 Å². The van der Waals surface area contributed by atoms with Gasteiger partial charge in [0.15, 0.2) is 6.23 Å². The van der Waals surface area contributed by atoms with Gasteiger partial charge in [0.1, 0.15) is 0 Å². The first-order valence-electron chi connectivity index (χ1n) is 3.81. The molecule has 0 fully saturated rings. The highest BCUT2D eigenvalue weighted by Gasteiger charge is 2.23. The zero-order chi connectivity index (χ0) is 11.8. The molecule has 0 heterocycles. The van der Waals surface area contributed by atoms with E-state index in [9.17, 15) is 14.3 Å².